The number of ether oxygens (including phenoxy) is 1. The van der Waals surface area contributed by atoms with Crippen LogP contribution in [0.5, 0.6) is 0 Å². The lowest BCUT2D eigenvalue weighted by molar-refractivity contribution is -0.0715. The van der Waals surface area contributed by atoms with Gasteiger partial charge in [0.25, 0.3) is 5.56 Å². The number of aliphatic hydroxyl groups is 2. The molecule has 1 saturated heterocycles. The summed E-state index contributed by atoms with van der Waals surface area (Å²) in [5, 5.41) is 20.4. The lowest BCUT2D eigenvalue weighted by Crippen LogP contribution is -2.47. The largest absolute Gasteiger partial charge is 0.386 e. The molecule has 0 bridgehead atoms. The molecule has 0 saturated carbocycles. The Morgan fingerprint density at radius 3 is 2.79 bits per heavy atom. The number of aromatic nitrogens is 2. The first-order valence-electron chi connectivity index (χ1n) is 5.71. The van der Waals surface area contributed by atoms with E-state index in [2.05, 4.69) is 16.8 Å². The summed E-state index contributed by atoms with van der Waals surface area (Å²) < 4.78 is 6.39. The molecule has 1 aliphatic rings. The van der Waals surface area contributed by atoms with E-state index in [1.165, 1.54) is 13.1 Å². The average molecular weight is 266 g/mol. The van der Waals surface area contributed by atoms with Gasteiger partial charge in [-0.3, -0.25) is 14.3 Å². The van der Waals surface area contributed by atoms with Crippen LogP contribution in [0.2, 0.25) is 0 Å². The van der Waals surface area contributed by atoms with E-state index in [9.17, 15) is 19.8 Å². The highest BCUT2D eigenvalue weighted by Crippen LogP contribution is 2.37. The molecule has 0 spiro atoms. The molecule has 7 heteroatoms. The van der Waals surface area contributed by atoms with Crippen molar-refractivity contribution in [2.45, 2.75) is 37.9 Å². The second-order valence-electron chi connectivity index (χ2n) is 4.36. The van der Waals surface area contributed by atoms with Crippen molar-refractivity contribution in [3.8, 4) is 11.8 Å². The highest BCUT2D eigenvalue weighted by Gasteiger charge is 2.54. The number of nitrogens with zero attached hydrogens (tertiary/aromatic N) is 1. The molecular formula is C12H14N2O5. The second-order valence-corrected chi connectivity index (χ2v) is 4.36. The van der Waals surface area contributed by atoms with Gasteiger partial charge in [-0.25, -0.2) is 4.79 Å². The molecule has 0 aliphatic carbocycles. The highest BCUT2D eigenvalue weighted by molar-refractivity contribution is 5.21. The van der Waals surface area contributed by atoms with Gasteiger partial charge in [0.1, 0.15) is 6.10 Å². The molecule has 1 aromatic heterocycles. The van der Waals surface area contributed by atoms with Gasteiger partial charge in [-0.15, -0.1) is 5.92 Å². The number of H-pyrrole nitrogens is 1. The Labute approximate surface area is 108 Å². The summed E-state index contributed by atoms with van der Waals surface area (Å²) in [5.74, 6) is 4.97. The van der Waals surface area contributed by atoms with Crippen LogP contribution >= 0.6 is 0 Å². The van der Waals surface area contributed by atoms with Gasteiger partial charge < -0.3 is 14.9 Å². The molecule has 7 nitrogen and oxygen atoms in total. The first-order valence-corrected chi connectivity index (χ1v) is 5.71. The Morgan fingerprint density at radius 2 is 2.21 bits per heavy atom. The van der Waals surface area contributed by atoms with Crippen molar-refractivity contribution in [2.24, 2.45) is 0 Å². The fourth-order valence-corrected chi connectivity index (χ4v) is 2.11. The van der Waals surface area contributed by atoms with Crippen LogP contribution in [0.3, 0.4) is 0 Å². The molecule has 1 aromatic rings. The quantitative estimate of drug-likeness (QED) is 0.540. The maximum absolute atomic E-state index is 11.7. The van der Waals surface area contributed by atoms with Crippen molar-refractivity contribution < 1.29 is 14.9 Å². The molecule has 0 radical (unpaired) electrons. The first kappa shape index (κ1) is 13.5. The van der Waals surface area contributed by atoms with Gasteiger partial charge >= 0.3 is 5.69 Å². The first-order chi connectivity index (χ1) is 8.90. The summed E-state index contributed by atoms with van der Waals surface area (Å²) >= 11 is 0. The van der Waals surface area contributed by atoms with Gasteiger partial charge in [0.2, 0.25) is 0 Å². The van der Waals surface area contributed by atoms with Crippen LogP contribution in [0, 0.1) is 11.8 Å². The molecule has 0 aromatic carbocycles. The van der Waals surface area contributed by atoms with E-state index in [1.54, 1.807) is 6.92 Å². The zero-order valence-electron chi connectivity index (χ0n) is 10.5. The van der Waals surface area contributed by atoms with Crippen molar-refractivity contribution in [1.29, 1.82) is 0 Å². The van der Waals surface area contributed by atoms with Crippen molar-refractivity contribution in [3.63, 3.8) is 0 Å². The van der Waals surface area contributed by atoms with Gasteiger partial charge in [-0.05, 0) is 13.8 Å². The van der Waals surface area contributed by atoms with Crippen LogP contribution in [-0.2, 0) is 4.74 Å². The topological polar surface area (TPSA) is 105 Å². The fourth-order valence-electron chi connectivity index (χ4n) is 2.11. The van der Waals surface area contributed by atoms with Gasteiger partial charge in [0.05, 0.1) is 6.10 Å². The molecule has 2 rings (SSSR count). The van der Waals surface area contributed by atoms with Crippen LogP contribution in [0.25, 0.3) is 0 Å². The molecule has 0 unspecified atom stereocenters. The minimum absolute atomic E-state index is 0.557. The fraction of sp³-hybridized carbons (Fsp3) is 0.500. The third kappa shape index (κ3) is 2.10. The lowest BCUT2D eigenvalue weighted by Gasteiger charge is -2.26. The van der Waals surface area contributed by atoms with Gasteiger partial charge in [0, 0.05) is 12.3 Å². The van der Waals surface area contributed by atoms with Gasteiger partial charge in [-0.1, -0.05) is 5.92 Å². The number of nitrogens with one attached hydrogen (secondary N) is 1. The molecule has 102 valence electrons. The van der Waals surface area contributed by atoms with E-state index in [0.717, 1.165) is 10.6 Å². The van der Waals surface area contributed by atoms with Gasteiger partial charge in [-0.2, -0.15) is 0 Å². The predicted molar refractivity (Wildman–Crippen MR) is 65.3 cm³/mol. The Hall–Kier alpha value is -1.88. The summed E-state index contributed by atoms with van der Waals surface area (Å²) in [5.41, 5.74) is -3.20. The molecule has 3 N–H and O–H groups in total. The Bertz CT molecular complexity index is 652. The van der Waals surface area contributed by atoms with Crippen LogP contribution in [0.15, 0.2) is 21.9 Å². The van der Waals surface area contributed by atoms with E-state index in [1.807, 2.05) is 0 Å². The Balaban J connectivity index is 2.56. The summed E-state index contributed by atoms with van der Waals surface area (Å²) in [6.45, 7) is 3.06. The second kappa shape index (κ2) is 4.66. The van der Waals surface area contributed by atoms with E-state index >= 15 is 0 Å². The van der Waals surface area contributed by atoms with Crippen LogP contribution < -0.4 is 11.2 Å². The molecule has 0 amide bonds. The molecular weight excluding hydrogens is 252 g/mol. The van der Waals surface area contributed by atoms with E-state index in [-0.39, 0.29) is 0 Å². The van der Waals surface area contributed by atoms with Crippen LogP contribution in [0.4, 0.5) is 0 Å². The molecule has 19 heavy (non-hydrogen) atoms. The third-order valence-electron chi connectivity index (χ3n) is 3.04. The van der Waals surface area contributed by atoms with E-state index < -0.39 is 35.3 Å². The average Bonchev–Trinajstić information content (AvgIpc) is 2.55. The summed E-state index contributed by atoms with van der Waals surface area (Å²) in [7, 11) is 0. The standard InChI is InChI=1S/C12H14N2O5/c1-3-5-12(18)9(16)7(2)19-10(12)14-6-4-8(15)13-11(14)17/h4,6-7,9-10,16,18H,1-2H3,(H,13,15,17)/t7-,9-,10-,12-/m1/s1. The summed E-state index contributed by atoms with van der Waals surface area (Å²) in [6.07, 6.45) is -1.95. The van der Waals surface area contributed by atoms with Crippen molar-refractivity contribution in [2.75, 3.05) is 0 Å². The number of rotatable bonds is 1. The van der Waals surface area contributed by atoms with E-state index in [4.69, 9.17) is 4.74 Å². The SMILES string of the molecule is CC#C[C@@]1(O)[C@H](O)[C@@H](C)O[C@H]1n1ccc(=O)[nH]c1=O. The molecule has 2 heterocycles. The molecule has 1 aliphatic heterocycles. The number of hydrogen-bond donors (Lipinski definition) is 3. The van der Waals surface area contributed by atoms with Crippen molar-refractivity contribution in [3.05, 3.63) is 33.1 Å². The maximum Gasteiger partial charge on any atom is 0.330 e. The number of aliphatic hydroxyl groups excluding tert-OH is 1. The Morgan fingerprint density at radius 1 is 1.53 bits per heavy atom. The smallest absolute Gasteiger partial charge is 0.330 e. The molecule has 4 atom stereocenters. The van der Waals surface area contributed by atoms with E-state index in [0.29, 0.717) is 0 Å². The van der Waals surface area contributed by atoms with Crippen LogP contribution in [-0.4, -0.2) is 37.6 Å². The normalized spacial score (nSPS) is 33.8. The number of aromatic amines is 1. The zero-order chi connectivity index (χ0) is 14.2. The minimum Gasteiger partial charge on any atom is -0.386 e. The van der Waals surface area contributed by atoms with Crippen molar-refractivity contribution >= 4 is 0 Å². The summed E-state index contributed by atoms with van der Waals surface area (Å²) in [4.78, 5) is 24.8. The third-order valence-corrected chi connectivity index (χ3v) is 3.04. The monoisotopic (exact) mass is 266 g/mol. The lowest BCUT2D eigenvalue weighted by atomic mass is 9.95. The summed E-state index contributed by atoms with van der Waals surface area (Å²) in [6, 6.07) is 1.12. The maximum atomic E-state index is 11.7. The number of hydrogen-bond acceptors (Lipinski definition) is 5. The zero-order valence-corrected chi connectivity index (χ0v) is 10.5. The predicted octanol–water partition coefficient (Wildman–Crippen LogP) is -1.43. The van der Waals surface area contributed by atoms with Crippen molar-refractivity contribution in [1.82, 2.24) is 9.55 Å². The minimum atomic E-state index is -1.91. The highest BCUT2D eigenvalue weighted by atomic mass is 16.6. The Kier molecular flexibility index (Phi) is 3.32. The van der Waals surface area contributed by atoms with Gasteiger partial charge in [0.15, 0.2) is 11.8 Å². The molecule has 1 fully saturated rings. The van der Waals surface area contributed by atoms with Crippen LogP contribution in [0.1, 0.15) is 20.1 Å².